The maximum atomic E-state index is 16.1. The summed E-state index contributed by atoms with van der Waals surface area (Å²) in [6, 6.07) is 1.84. The van der Waals surface area contributed by atoms with Gasteiger partial charge in [0.2, 0.25) is 30.2 Å². The van der Waals surface area contributed by atoms with Crippen LogP contribution in [-0.2, 0) is 61.8 Å². The van der Waals surface area contributed by atoms with Gasteiger partial charge in [0.05, 0.1) is 55.0 Å². The van der Waals surface area contributed by atoms with Crippen LogP contribution in [0.15, 0.2) is 45.8 Å². The van der Waals surface area contributed by atoms with Crippen molar-refractivity contribution in [1.82, 2.24) is 19.8 Å². The van der Waals surface area contributed by atoms with Gasteiger partial charge in [-0.25, -0.2) is 28.0 Å². The highest BCUT2D eigenvalue weighted by Gasteiger charge is 2.69. The Morgan fingerprint density at radius 1 is 0.653 bits per heavy atom. The van der Waals surface area contributed by atoms with Crippen LogP contribution < -0.4 is 40.8 Å². The molecule has 0 bridgehead atoms. The van der Waals surface area contributed by atoms with Gasteiger partial charge in [0, 0.05) is 94.8 Å². The van der Waals surface area contributed by atoms with Crippen molar-refractivity contribution in [2.24, 2.45) is 28.6 Å². The number of aliphatic hydroxyl groups is 1. The monoisotopic (exact) mass is 1410 g/mol. The fourth-order valence-electron chi connectivity index (χ4n) is 17.0. The zero-order chi connectivity index (χ0) is 72.0. The topological polar surface area (TPSA) is 333 Å². The lowest BCUT2D eigenvalue weighted by Crippen LogP contribution is -2.62. The highest BCUT2D eigenvalue weighted by atomic mass is 19.1. The molecule has 546 valence electrons. The van der Waals surface area contributed by atoms with Crippen LogP contribution in [0.3, 0.4) is 0 Å². The number of methoxy groups -OCH3 is 3. The zero-order valence-corrected chi connectivity index (χ0v) is 57.6. The molecular weight excluding hydrogens is 1330 g/mol. The number of hydrogen-bond acceptors (Lipinski definition) is 26. The molecule has 9 unspecified atom stereocenters. The molecule has 4 aromatic rings. The number of carbonyl (C=O) groups excluding carboxylic acids is 8. The Morgan fingerprint density at radius 2 is 1.17 bits per heavy atom. The van der Waals surface area contributed by atoms with E-state index in [9.17, 15) is 53.1 Å². The summed E-state index contributed by atoms with van der Waals surface area (Å²) in [5.74, 6) is -6.36. The molecule has 3 N–H and O–H groups in total. The van der Waals surface area contributed by atoms with Gasteiger partial charge in [-0.1, -0.05) is 19.4 Å². The molecule has 2 saturated heterocycles. The third-order valence-electron chi connectivity index (χ3n) is 22.0. The van der Waals surface area contributed by atoms with Gasteiger partial charge in [0.1, 0.15) is 41.3 Å². The van der Waals surface area contributed by atoms with Crippen LogP contribution in [-0.4, -0.2) is 186 Å². The first-order valence-corrected chi connectivity index (χ1v) is 34.5. The van der Waals surface area contributed by atoms with E-state index in [-0.39, 0.29) is 104 Å². The average molecular weight is 1410 g/mol. The molecule has 5 saturated carbocycles. The first kappa shape index (κ1) is 72.1. The number of anilines is 2. The van der Waals surface area contributed by atoms with E-state index < -0.39 is 145 Å². The lowest BCUT2D eigenvalue weighted by Gasteiger charge is -2.60. The lowest BCUT2D eigenvalue weighted by atomic mass is 9.45. The summed E-state index contributed by atoms with van der Waals surface area (Å²) >= 11 is 0. The fraction of sp³-hybridized carbons (Fsp3) is 0.606. The van der Waals surface area contributed by atoms with E-state index in [1.54, 1.807) is 15.2 Å². The largest absolute Gasteiger partial charge is 0.511 e. The van der Waals surface area contributed by atoms with Gasteiger partial charge in [-0.05, 0) is 119 Å². The second-order valence-corrected chi connectivity index (χ2v) is 28.2. The Morgan fingerprint density at radius 3 is 1.65 bits per heavy atom. The van der Waals surface area contributed by atoms with Gasteiger partial charge < -0.3 is 86.8 Å². The number of aromatic nitrogens is 2. The van der Waals surface area contributed by atoms with Crippen molar-refractivity contribution >= 4 is 80.9 Å². The number of rotatable bonds is 24. The molecule has 2 aliphatic heterocycles. The molecule has 7 fully saturated rings. The minimum Gasteiger partial charge on any atom is -0.492 e. The molecule has 28 nitrogen and oxygen atoms in total. The van der Waals surface area contributed by atoms with Gasteiger partial charge in [0.25, 0.3) is 0 Å². The van der Waals surface area contributed by atoms with Crippen molar-refractivity contribution in [3.63, 3.8) is 0 Å². The van der Waals surface area contributed by atoms with Crippen molar-refractivity contribution in [3.05, 3.63) is 79.4 Å². The molecule has 8 aliphatic rings. The molecule has 12 rings (SSSR count). The van der Waals surface area contributed by atoms with Crippen molar-refractivity contribution in [1.29, 1.82) is 0 Å². The smallest absolute Gasteiger partial charge is 0.492 e. The summed E-state index contributed by atoms with van der Waals surface area (Å²) in [7, 11) is 4.16. The summed E-state index contributed by atoms with van der Waals surface area (Å²) in [4.78, 5) is 138. The van der Waals surface area contributed by atoms with E-state index in [0.717, 1.165) is 24.1 Å². The first-order valence-electron chi connectivity index (χ1n) is 34.5. The Balaban J connectivity index is 0.680. The standard InChI is InChI=1S/C71H86F2N6O22/c1-37-28-76(22-20-74-37)59-50(72)25-45-57(63(59)91-5)78(40-9-10-40)30-47(61(45)85)65(87)97-35-99-67(89)95-32-43(33-96-68(90)100-36-98-66(88)48-31-79(41-11-12-41)58-46(62(48)86)26-51(73)60(64(58)92-6)77-23-21-75-38(2)29-77)101-55(84)15-14-54(83)94-34-53(82)71(93-7)19-17-49-44-13-8-39-24-42(80)16-18-69(39,3)56(44)52(81)27-70(49,71)4/h24-26,30-31,37-38,40-41,43-44,49,52,56,74-75,81H,8-23,27-29,32-36H2,1-7H3. The number of benzene rings is 2. The second-order valence-electron chi connectivity index (χ2n) is 28.2. The minimum atomic E-state index is -1.69. The summed E-state index contributed by atoms with van der Waals surface area (Å²) in [6.45, 7) is 6.15. The summed E-state index contributed by atoms with van der Waals surface area (Å²) in [5, 5.41) is 18.3. The molecular formula is C71H86F2N6O22. The van der Waals surface area contributed by atoms with Gasteiger partial charge in [-0.3, -0.25) is 28.8 Å². The van der Waals surface area contributed by atoms with Crippen molar-refractivity contribution in [3.8, 4) is 11.5 Å². The Bertz CT molecular complexity index is 3950. The first-order chi connectivity index (χ1) is 48.3. The number of ketones is 2. The number of ether oxygens (including phenoxy) is 11. The quantitative estimate of drug-likeness (QED) is 0.0368. The maximum Gasteiger partial charge on any atom is 0.511 e. The van der Waals surface area contributed by atoms with E-state index >= 15 is 8.78 Å². The number of fused-ring (bicyclic) bond motifs is 7. The predicted octanol–water partition coefficient (Wildman–Crippen LogP) is 6.81. The molecule has 4 heterocycles. The number of halogens is 2. The molecule has 30 heteroatoms. The van der Waals surface area contributed by atoms with E-state index in [1.807, 2.05) is 30.6 Å². The van der Waals surface area contributed by atoms with Gasteiger partial charge >= 0.3 is 36.2 Å². The molecule has 9 atom stereocenters. The Hall–Kier alpha value is -8.74. The van der Waals surface area contributed by atoms with Crippen LogP contribution >= 0.6 is 0 Å². The van der Waals surface area contributed by atoms with Crippen LogP contribution in [0.4, 0.5) is 29.7 Å². The average Bonchev–Trinajstić information content (AvgIpc) is 1.66. The molecule has 6 aliphatic carbocycles. The van der Waals surface area contributed by atoms with Crippen LogP contribution in [0.25, 0.3) is 21.8 Å². The van der Waals surface area contributed by atoms with Crippen LogP contribution in [0, 0.1) is 40.2 Å². The highest BCUT2D eigenvalue weighted by Crippen LogP contribution is 2.68. The third kappa shape index (κ3) is 14.1. The number of esters is 4. The number of nitrogens with one attached hydrogen (secondary N) is 2. The summed E-state index contributed by atoms with van der Waals surface area (Å²) < 4.78 is 94.7. The van der Waals surface area contributed by atoms with Crippen molar-refractivity contribution in [2.45, 2.75) is 153 Å². The predicted molar refractivity (Wildman–Crippen MR) is 354 cm³/mol. The molecule has 2 aromatic heterocycles. The Labute approximate surface area is 579 Å². The number of hydrogen-bond donors (Lipinski definition) is 3. The fourth-order valence-corrected chi connectivity index (χ4v) is 17.0. The number of pyridine rings is 2. The minimum absolute atomic E-state index is 0.0223. The Kier molecular flexibility index (Phi) is 20.9. The summed E-state index contributed by atoms with van der Waals surface area (Å²) in [5.41, 5.74) is -3.43. The second kappa shape index (κ2) is 29.3. The van der Waals surface area contributed by atoms with Crippen LogP contribution in [0.2, 0.25) is 0 Å². The van der Waals surface area contributed by atoms with E-state index in [0.29, 0.717) is 97.1 Å². The van der Waals surface area contributed by atoms with Gasteiger partial charge in [-0.2, -0.15) is 0 Å². The molecule has 0 radical (unpaired) electrons. The molecule has 2 aromatic carbocycles. The van der Waals surface area contributed by atoms with Crippen LogP contribution in [0.5, 0.6) is 11.5 Å². The molecule has 101 heavy (non-hydrogen) atoms. The van der Waals surface area contributed by atoms with Gasteiger partial charge in [0.15, 0.2) is 41.6 Å². The van der Waals surface area contributed by atoms with Crippen LogP contribution in [0.1, 0.15) is 144 Å². The number of aliphatic hydroxyl groups excluding tert-OH is 1. The number of piperazine rings is 2. The van der Waals surface area contributed by atoms with E-state index in [2.05, 4.69) is 17.6 Å². The van der Waals surface area contributed by atoms with Gasteiger partial charge in [-0.15, -0.1) is 0 Å². The summed E-state index contributed by atoms with van der Waals surface area (Å²) in [6.07, 6.45) is 3.81. The number of Topliss-reactive ketones (excluding diaryl/α,β-unsaturated/α-hetero) is 1. The van der Waals surface area contributed by atoms with E-state index in [1.165, 1.54) is 33.7 Å². The van der Waals surface area contributed by atoms with E-state index in [4.69, 9.17) is 52.1 Å². The number of carbonyl (C=O) groups is 8. The SMILES string of the molecule is COc1c(N2CCNC(C)C2)c(F)cc2c(=O)c(C(=O)OCOC(=O)OCC(COC(=O)OCOC(=O)c3cn(C4CC4)c4c(OC)c(N5CCNC(C)C5)c(F)cc4c3=O)OC(=O)CCC(=O)OCC(=O)C3(OC)CCC4C5CCC6=CC(=O)CCC6(C)C5C(O)CC43C)cn(C3CC3)c12. The normalized spacial score (nSPS) is 26.5. The molecule has 0 spiro atoms. The third-order valence-corrected chi connectivity index (χ3v) is 22.0. The van der Waals surface area contributed by atoms with Crippen molar-refractivity contribution < 1.29 is 104 Å². The highest BCUT2D eigenvalue weighted by molar-refractivity contribution is 5.99. The number of nitrogens with zero attached hydrogens (tertiary/aromatic N) is 4. The lowest BCUT2D eigenvalue weighted by molar-refractivity contribution is -0.191. The number of allylic oxidation sites excluding steroid dienone is 1. The maximum absolute atomic E-state index is 16.1. The zero-order valence-electron chi connectivity index (χ0n) is 57.6. The van der Waals surface area contributed by atoms with Crippen molar-refractivity contribution in [2.75, 3.05) is 104 Å². The molecule has 0 amide bonds.